The molecule has 1 amide bonds. The van der Waals surface area contributed by atoms with Crippen LogP contribution in [0.4, 0.5) is 11.4 Å². The van der Waals surface area contributed by atoms with Gasteiger partial charge in [-0.2, -0.15) is 0 Å². The molecular weight excluding hydrogens is 314 g/mol. The summed E-state index contributed by atoms with van der Waals surface area (Å²) in [6.07, 6.45) is -0.480. The summed E-state index contributed by atoms with van der Waals surface area (Å²) in [6, 6.07) is 11.9. The van der Waals surface area contributed by atoms with Crippen LogP contribution in [-0.2, 0) is 10.4 Å². The third-order valence-corrected chi connectivity index (χ3v) is 3.71. The first-order valence-corrected chi connectivity index (χ1v) is 7.03. The Morgan fingerprint density at radius 2 is 1.92 bits per heavy atom. The summed E-state index contributed by atoms with van der Waals surface area (Å²) in [4.78, 5) is 22.2. The maximum absolute atomic E-state index is 12.0. The zero-order valence-electron chi connectivity index (χ0n) is 12.9. The van der Waals surface area contributed by atoms with Crippen LogP contribution in [0.2, 0.25) is 0 Å². The van der Waals surface area contributed by atoms with E-state index in [1.807, 2.05) is 0 Å². The SMILES string of the molecule is CN(O)C(=O)CC(O)(c1ccccc1)c1ccc([N+](=O)[O-])cc1N. The second kappa shape index (κ2) is 6.65. The Bertz CT molecular complexity index is 764. The molecule has 0 saturated heterocycles. The molecule has 0 spiro atoms. The van der Waals surface area contributed by atoms with Crippen LogP contribution in [0.5, 0.6) is 0 Å². The molecule has 1 atom stereocenters. The predicted molar refractivity (Wildman–Crippen MR) is 86.1 cm³/mol. The fourth-order valence-electron chi connectivity index (χ4n) is 2.44. The summed E-state index contributed by atoms with van der Waals surface area (Å²) in [6.45, 7) is 0. The van der Waals surface area contributed by atoms with Crippen molar-refractivity contribution in [3.8, 4) is 0 Å². The number of nitrogens with zero attached hydrogens (tertiary/aromatic N) is 2. The van der Waals surface area contributed by atoms with Crippen molar-refractivity contribution in [2.75, 3.05) is 12.8 Å². The van der Waals surface area contributed by atoms with E-state index in [2.05, 4.69) is 0 Å². The highest BCUT2D eigenvalue weighted by molar-refractivity contribution is 5.77. The molecule has 0 saturated carbocycles. The molecule has 0 bridgehead atoms. The van der Waals surface area contributed by atoms with Gasteiger partial charge in [0.15, 0.2) is 0 Å². The number of hydroxylamine groups is 2. The van der Waals surface area contributed by atoms with Crippen LogP contribution in [-0.4, -0.2) is 33.3 Å². The molecule has 0 fully saturated rings. The van der Waals surface area contributed by atoms with E-state index in [-0.39, 0.29) is 16.9 Å². The molecule has 0 aliphatic carbocycles. The fraction of sp³-hybridized carbons (Fsp3) is 0.188. The van der Waals surface area contributed by atoms with Crippen LogP contribution in [0, 0.1) is 10.1 Å². The van der Waals surface area contributed by atoms with Gasteiger partial charge in [-0.3, -0.25) is 20.1 Å². The highest BCUT2D eigenvalue weighted by Crippen LogP contribution is 2.38. The molecule has 8 nitrogen and oxygen atoms in total. The van der Waals surface area contributed by atoms with Crippen LogP contribution < -0.4 is 5.73 Å². The Labute approximate surface area is 137 Å². The van der Waals surface area contributed by atoms with Crippen LogP contribution in [0.3, 0.4) is 0 Å². The summed E-state index contributed by atoms with van der Waals surface area (Å²) >= 11 is 0. The number of hydrogen-bond donors (Lipinski definition) is 3. The number of rotatable bonds is 5. The monoisotopic (exact) mass is 331 g/mol. The summed E-state index contributed by atoms with van der Waals surface area (Å²) in [7, 11) is 1.15. The molecule has 0 radical (unpaired) electrons. The number of benzene rings is 2. The summed E-state index contributed by atoms with van der Waals surface area (Å²) in [5.41, 5.74) is 4.32. The number of nitro groups is 1. The van der Waals surface area contributed by atoms with Crippen molar-refractivity contribution in [3.05, 3.63) is 69.8 Å². The lowest BCUT2D eigenvalue weighted by Gasteiger charge is -2.30. The minimum absolute atomic E-state index is 0.0241. The number of aliphatic hydroxyl groups is 1. The van der Waals surface area contributed by atoms with Crippen LogP contribution >= 0.6 is 0 Å². The molecule has 0 aromatic heterocycles. The van der Waals surface area contributed by atoms with E-state index >= 15 is 0 Å². The minimum atomic E-state index is -1.84. The van der Waals surface area contributed by atoms with Crippen molar-refractivity contribution in [2.45, 2.75) is 12.0 Å². The lowest BCUT2D eigenvalue weighted by atomic mass is 9.82. The lowest BCUT2D eigenvalue weighted by Crippen LogP contribution is -2.36. The zero-order valence-corrected chi connectivity index (χ0v) is 12.9. The van der Waals surface area contributed by atoms with Gasteiger partial charge in [-0.05, 0) is 11.6 Å². The number of amides is 1. The maximum atomic E-state index is 12.0. The zero-order chi connectivity index (χ0) is 17.9. The Morgan fingerprint density at radius 3 is 2.42 bits per heavy atom. The van der Waals surface area contributed by atoms with Gasteiger partial charge in [0.25, 0.3) is 5.69 Å². The number of nitro benzene ring substituents is 1. The standard InChI is InChI=1S/C16H17N3O5/c1-18(22)15(20)10-16(21,11-5-3-2-4-6-11)13-8-7-12(19(23)24)9-14(13)17/h2-9,21-22H,10,17H2,1H3. The summed E-state index contributed by atoms with van der Waals surface area (Å²) < 4.78 is 0. The van der Waals surface area contributed by atoms with Gasteiger partial charge >= 0.3 is 0 Å². The first kappa shape index (κ1) is 17.4. The third-order valence-electron chi connectivity index (χ3n) is 3.71. The molecule has 2 aromatic carbocycles. The minimum Gasteiger partial charge on any atom is -0.398 e. The summed E-state index contributed by atoms with van der Waals surface area (Å²) in [5.74, 6) is -0.737. The van der Waals surface area contributed by atoms with Crippen molar-refractivity contribution in [1.82, 2.24) is 5.06 Å². The number of nitrogen functional groups attached to an aromatic ring is 1. The fourth-order valence-corrected chi connectivity index (χ4v) is 2.44. The van der Waals surface area contributed by atoms with E-state index in [4.69, 9.17) is 5.73 Å². The Hall–Kier alpha value is -2.97. The van der Waals surface area contributed by atoms with Crippen molar-refractivity contribution in [1.29, 1.82) is 0 Å². The molecular formula is C16H17N3O5. The van der Waals surface area contributed by atoms with Crippen molar-refractivity contribution < 1.29 is 20.0 Å². The van der Waals surface area contributed by atoms with Gasteiger partial charge in [0.2, 0.25) is 5.91 Å². The average molecular weight is 331 g/mol. The number of hydrogen-bond acceptors (Lipinski definition) is 6. The van der Waals surface area contributed by atoms with Gasteiger partial charge in [0.1, 0.15) is 5.60 Å². The van der Waals surface area contributed by atoms with Gasteiger partial charge in [-0.15, -0.1) is 0 Å². The van der Waals surface area contributed by atoms with Gasteiger partial charge in [0, 0.05) is 30.4 Å². The Kier molecular flexibility index (Phi) is 4.82. The first-order valence-electron chi connectivity index (χ1n) is 7.03. The largest absolute Gasteiger partial charge is 0.398 e. The molecule has 8 heteroatoms. The van der Waals surface area contributed by atoms with Crippen molar-refractivity contribution >= 4 is 17.3 Å². The van der Waals surface area contributed by atoms with Crippen LogP contribution in [0.15, 0.2) is 48.5 Å². The number of nitrogens with two attached hydrogens (primary N) is 1. The average Bonchev–Trinajstić information content (AvgIpc) is 2.55. The summed E-state index contributed by atoms with van der Waals surface area (Å²) in [5, 5.41) is 31.7. The molecule has 1 unspecified atom stereocenters. The second-order valence-electron chi connectivity index (χ2n) is 5.35. The molecule has 0 aliphatic heterocycles. The molecule has 4 N–H and O–H groups in total. The van der Waals surface area contributed by atoms with Gasteiger partial charge in [-0.1, -0.05) is 30.3 Å². The van der Waals surface area contributed by atoms with E-state index in [1.165, 1.54) is 12.1 Å². The normalized spacial score (nSPS) is 13.1. The van der Waals surface area contributed by atoms with E-state index in [9.17, 15) is 25.2 Å². The quantitative estimate of drug-likeness (QED) is 0.330. The Morgan fingerprint density at radius 1 is 1.29 bits per heavy atom. The van der Waals surface area contributed by atoms with Crippen LogP contribution in [0.25, 0.3) is 0 Å². The highest BCUT2D eigenvalue weighted by atomic mass is 16.6. The van der Waals surface area contributed by atoms with Gasteiger partial charge in [0.05, 0.1) is 11.3 Å². The lowest BCUT2D eigenvalue weighted by molar-refractivity contribution is -0.384. The number of anilines is 1. The molecule has 2 rings (SSSR count). The van der Waals surface area contributed by atoms with Gasteiger partial charge in [-0.25, -0.2) is 5.06 Å². The van der Waals surface area contributed by atoms with E-state index in [1.54, 1.807) is 30.3 Å². The highest BCUT2D eigenvalue weighted by Gasteiger charge is 2.37. The molecule has 126 valence electrons. The molecule has 0 heterocycles. The van der Waals surface area contributed by atoms with E-state index < -0.39 is 22.9 Å². The van der Waals surface area contributed by atoms with E-state index in [0.717, 1.165) is 13.1 Å². The third kappa shape index (κ3) is 3.34. The second-order valence-corrected chi connectivity index (χ2v) is 5.35. The predicted octanol–water partition coefficient (Wildman–Crippen LogP) is 1.65. The molecule has 24 heavy (non-hydrogen) atoms. The Balaban J connectivity index is 2.58. The molecule has 2 aromatic rings. The number of non-ortho nitro benzene ring substituents is 1. The van der Waals surface area contributed by atoms with Gasteiger partial charge < -0.3 is 10.8 Å². The first-order chi connectivity index (χ1) is 11.3. The van der Waals surface area contributed by atoms with Crippen molar-refractivity contribution in [2.24, 2.45) is 0 Å². The van der Waals surface area contributed by atoms with E-state index in [0.29, 0.717) is 10.6 Å². The number of carbonyl (C=O) groups excluding carboxylic acids is 1. The van der Waals surface area contributed by atoms with Crippen LogP contribution in [0.1, 0.15) is 17.5 Å². The topological polar surface area (TPSA) is 130 Å². The smallest absolute Gasteiger partial charge is 0.271 e. The molecule has 0 aliphatic rings. The number of carbonyl (C=O) groups is 1. The maximum Gasteiger partial charge on any atom is 0.271 e. The van der Waals surface area contributed by atoms with Crippen molar-refractivity contribution in [3.63, 3.8) is 0 Å².